The minimum Gasteiger partial charge on any atom is -0.481 e. The first-order chi connectivity index (χ1) is 9.22. The summed E-state index contributed by atoms with van der Waals surface area (Å²) in [7, 11) is 1.55. The third-order valence-corrected chi connectivity index (χ3v) is 2.93. The Balaban J connectivity index is 2.71. The Bertz CT molecular complexity index is 502. The van der Waals surface area contributed by atoms with E-state index in [1.54, 1.807) is 45.2 Å². The van der Waals surface area contributed by atoms with Crippen LogP contribution in [-0.4, -0.2) is 41.1 Å². The highest BCUT2D eigenvalue weighted by Crippen LogP contribution is 2.23. The van der Waals surface area contributed by atoms with Gasteiger partial charge in [0.15, 0.2) is 5.60 Å². The standard InChI is InChI=1S/C14H18ClNO4/c1-14(2,13(19)16(3)8-7-12(17)18)20-11-6-4-5-10(15)9-11/h4-6,9H,7-8H2,1-3H3,(H,17,18). The van der Waals surface area contributed by atoms with Crippen LogP contribution in [0.3, 0.4) is 0 Å². The van der Waals surface area contributed by atoms with Gasteiger partial charge in [-0.15, -0.1) is 0 Å². The van der Waals surface area contributed by atoms with Gasteiger partial charge in [-0.1, -0.05) is 17.7 Å². The molecule has 0 radical (unpaired) electrons. The summed E-state index contributed by atoms with van der Waals surface area (Å²) in [5.74, 6) is -0.751. The van der Waals surface area contributed by atoms with Crippen LogP contribution in [0, 0.1) is 0 Å². The summed E-state index contributed by atoms with van der Waals surface area (Å²) >= 11 is 5.86. The van der Waals surface area contributed by atoms with E-state index in [1.165, 1.54) is 4.90 Å². The molecule has 0 saturated carbocycles. The van der Waals surface area contributed by atoms with E-state index in [1.807, 2.05) is 0 Å². The van der Waals surface area contributed by atoms with Gasteiger partial charge < -0.3 is 14.7 Å². The van der Waals surface area contributed by atoms with Crippen LogP contribution in [-0.2, 0) is 9.59 Å². The Hall–Kier alpha value is -1.75. The maximum atomic E-state index is 12.2. The molecule has 0 aliphatic carbocycles. The average molecular weight is 300 g/mol. The Morgan fingerprint density at radius 3 is 2.60 bits per heavy atom. The molecule has 0 heterocycles. The van der Waals surface area contributed by atoms with Crippen LogP contribution in [0.25, 0.3) is 0 Å². The summed E-state index contributed by atoms with van der Waals surface area (Å²) in [6, 6.07) is 6.76. The van der Waals surface area contributed by atoms with Crippen LogP contribution in [0.1, 0.15) is 20.3 Å². The molecular weight excluding hydrogens is 282 g/mol. The summed E-state index contributed by atoms with van der Waals surface area (Å²) in [6.07, 6.45) is -0.102. The molecule has 0 saturated heterocycles. The molecule has 1 N–H and O–H groups in total. The summed E-state index contributed by atoms with van der Waals surface area (Å²) in [4.78, 5) is 24.1. The van der Waals surface area contributed by atoms with Crippen molar-refractivity contribution in [3.05, 3.63) is 29.3 Å². The minimum absolute atomic E-state index is 0.102. The van der Waals surface area contributed by atoms with Crippen molar-refractivity contribution in [1.82, 2.24) is 4.90 Å². The van der Waals surface area contributed by atoms with Crippen molar-refractivity contribution in [2.24, 2.45) is 0 Å². The molecule has 1 amide bonds. The number of halogens is 1. The summed E-state index contributed by atoms with van der Waals surface area (Å²) < 4.78 is 5.65. The van der Waals surface area contributed by atoms with Crippen LogP contribution >= 0.6 is 11.6 Å². The van der Waals surface area contributed by atoms with E-state index >= 15 is 0 Å². The van der Waals surface area contributed by atoms with Crippen LogP contribution in [0.15, 0.2) is 24.3 Å². The number of hydrogen-bond donors (Lipinski definition) is 1. The van der Waals surface area contributed by atoms with Crippen molar-refractivity contribution in [1.29, 1.82) is 0 Å². The zero-order valence-electron chi connectivity index (χ0n) is 11.7. The van der Waals surface area contributed by atoms with Gasteiger partial charge >= 0.3 is 5.97 Å². The number of amides is 1. The van der Waals surface area contributed by atoms with E-state index in [-0.39, 0.29) is 18.9 Å². The fraction of sp³-hybridized carbons (Fsp3) is 0.429. The highest BCUT2D eigenvalue weighted by Gasteiger charge is 2.32. The summed E-state index contributed by atoms with van der Waals surface area (Å²) in [5, 5.41) is 9.15. The number of nitrogens with zero attached hydrogens (tertiary/aromatic N) is 1. The predicted molar refractivity (Wildman–Crippen MR) is 76.0 cm³/mol. The molecule has 1 rings (SSSR count). The second kappa shape index (κ2) is 6.61. The topological polar surface area (TPSA) is 66.8 Å². The molecule has 0 atom stereocenters. The smallest absolute Gasteiger partial charge is 0.305 e. The van der Waals surface area contributed by atoms with E-state index in [0.29, 0.717) is 10.8 Å². The van der Waals surface area contributed by atoms with E-state index < -0.39 is 11.6 Å². The van der Waals surface area contributed by atoms with E-state index in [9.17, 15) is 9.59 Å². The molecule has 0 spiro atoms. The molecule has 6 heteroatoms. The Morgan fingerprint density at radius 2 is 2.05 bits per heavy atom. The lowest BCUT2D eigenvalue weighted by Crippen LogP contribution is -2.47. The van der Waals surface area contributed by atoms with Gasteiger partial charge in [0.25, 0.3) is 5.91 Å². The molecule has 0 aliphatic rings. The molecule has 0 aromatic heterocycles. The van der Waals surface area contributed by atoms with Crippen molar-refractivity contribution in [3.8, 4) is 5.75 Å². The monoisotopic (exact) mass is 299 g/mol. The van der Waals surface area contributed by atoms with E-state index in [2.05, 4.69) is 0 Å². The zero-order chi connectivity index (χ0) is 15.3. The maximum Gasteiger partial charge on any atom is 0.305 e. The first-order valence-electron chi connectivity index (χ1n) is 6.14. The van der Waals surface area contributed by atoms with Crippen LogP contribution < -0.4 is 4.74 Å². The highest BCUT2D eigenvalue weighted by molar-refractivity contribution is 6.30. The Labute approximate surface area is 123 Å². The van der Waals surface area contributed by atoms with Crippen molar-refractivity contribution in [2.45, 2.75) is 25.9 Å². The van der Waals surface area contributed by atoms with Crippen molar-refractivity contribution >= 4 is 23.5 Å². The number of hydrogen-bond acceptors (Lipinski definition) is 3. The predicted octanol–water partition coefficient (Wildman–Crippen LogP) is 2.43. The third kappa shape index (κ3) is 4.74. The van der Waals surface area contributed by atoms with Crippen molar-refractivity contribution in [2.75, 3.05) is 13.6 Å². The molecule has 1 aromatic carbocycles. The van der Waals surface area contributed by atoms with E-state index in [4.69, 9.17) is 21.4 Å². The van der Waals surface area contributed by atoms with Crippen LogP contribution in [0.5, 0.6) is 5.75 Å². The Morgan fingerprint density at radius 1 is 1.40 bits per heavy atom. The number of ether oxygens (including phenoxy) is 1. The van der Waals surface area contributed by atoms with Gasteiger partial charge in [0, 0.05) is 18.6 Å². The first-order valence-corrected chi connectivity index (χ1v) is 6.52. The largest absolute Gasteiger partial charge is 0.481 e. The number of carbonyl (C=O) groups excluding carboxylic acids is 1. The lowest BCUT2D eigenvalue weighted by molar-refractivity contribution is -0.145. The molecule has 0 fully saturated rings. The fourth-order valence-corrected chi connectivity index (χ4v) is 1.87. The molecule has 20 heavy (non-hydrogen) atoms. The normalized spacial score (nSPS) is 11.0. The zero-order valence-corrected chi connectivity index (χ0v) is 12.5. The van der Waals surface area contributed by atoms with Crippen molar-refractivity contribution in [3.63, 3.8) is 0 Å². The molecule has 0 bridgehead atoms. The second-order valence-corrected chi connectivity index (χ2v) is 5.38. The summed E-state index contributed by atoms with van der Waals surface area (Å²) in [5.41, 5.74) is -1.10. The van der Waals surface area contributed by atoms with E-state index in [0.717, 1.165) is 0 Å². The average Bonchev–Trinajstić information content (AvgIpc) is 2.34. The van der Waals surface area contributed by atoms with Crippen molar-refractivity contribution < 1.29 is 19.4 Å². The summed E-state index contributed by atoms with van der Waals surface area (Å²) in [6.45, 7) is 3.40. The lowest BCUT2D eigenvalue weighted by atomic mass is 10.1. The maximum absolute atomic E-state index is 12.2. The van der Waals surface area contributed by atoms with Gasteiger partial charge in [0.05, 0.1) is 6.42 Å². The molecule has 1 aromatic rings. The van der Waals surface area contributed by atoms with Gasteiger partial charge in [0.2, 0.25) is 0 Å². The molecule has 110 valence electrons. The SMILES string of the molecule is CN(CCC(=O)O)C(=O)C(C)(C)Oc1cccc(Cl)c1. The van der Waals surface area contributed by atoms with Gasteiger partial charge in [-0.2, -0.15) is 0 Å². The number of aliphatic carboxylic acids is 1. The first kappa shape index (κ1) is 16.3. The van der Waals surface area contributed by atoms with Gasteiger partial charge in [-0.3, -0.25) is 9.59 Å². The number of carbonyl (C=O) groups is 2. The fourth-order valence-electron chi connectivity index (χ4n) is 1.69. The Kier molecular flexibility index (Phi) is 5.39. The highest BCUT2D eigenvalue weighted by atomic mass is 35.5. The minimum atomic E-state index is -1.10. The van der Waals surface area contributed by atoms with Gasteiger partial charge in [-0.25, -0.2) is 0 Å². The molecular formula is C14H18ClNO4. The van der Waals surface area contributed by atoms with Crippen LogP contribution in [0.4, 0.5) is 0 Å². The molecule has 0 aliphatic heterocycles. The lowest BCUT2D eigenvalue weighted by Gasteiger charge is -2.30. The number of carboxylic acid groups (broad SMARTS) is 1. The van der Waals surface area contributed by atoms with Gasteiger partial charge in [0.1, 0.15) is 5.75 Å². The second-order valence-electron chi connectivity index (χ2n) is 4.94. The number of likely N-dealkylation sites (N-methyl/N-ethyl adjacent to an activating group) is 1. The third-order valence-electron chi connectivity index (χ3n) is 2.69. The molecule has 5 nitrogen and oxygen atoms in total. The van der Waals surface area contributed by atoms with Gasteiger partial charge in [-0.05, 0) is 32.0 Å². The number of carboxylic acids is 1. The number of benzene rings is 1. The van der Waals surface area contributed by atoms with Crippen LogP contribution in [0.2, 0.25) is 5.02 Å². The number of rotatable bonds is 6. The quantitative estimate of drug-likeness (QED) is 0.876. The molecule has 0 unspecified atom stereocenters.